The van der Waals surface area contributed by atoms with Crippen molar-refractivity contribution in [2.75, 3.05) is 6.61 Å². The van der Waals surface area contributed by atoms with Crippen LogP contribution >= 0.6 is 0 Å². The van der Waals surface area contributed by atoms with E-state index >= 15 is 0 Å². The minimum absolute atomic E-state index is 0.532. The topological polar surface area (TPSA) is 9.23 Å². The predicted molar refractivity (Wildman–Crippen MR) is 35.7 cm³/mol. The van der Waals surface area contributed by atoms with E-state index in [2.05, 4.69) is 0 Å². The van der Waals surface area contributed by atoms with E-state index in [-0.39, 0.29) is 0 Å². The molecule has 0 aromatic carbocycles. The molecule has 2 unspecified atom stereocenters. The van der Waals surface area contributed by atoms with Crippen molar-refractivity contribution in [3.05, 3.63) is 0 Å². The van der Waals surface area contributed by atoms with Crippen LogP contribution in [0.3, 0.4) is 0 Å². The van der Waals surface area contributed by atoms with Crippen molar-refractivity contribution < 1.29 is 4.43 Å². The summed E-state index contributed by atoms with van der Waals surface area (Å²) in [5.41, 5.74) is 0. The fraction of sp³-hybridized carbons (Fsp3) is 1.00. The molecule has 0 amide bonds. The second kappa shape index (κ2) is 2.90. The van der Waals surface area contributed by atoms with Crippen LogP contribution in [-0.4, -0.2) is 30.3 Å². The normalized spacial score (nSPS) is 33.0. The molecule has 0 radical (unpaired) electrons. The third-order valence-electron chi connectivity index (χ3n) is 1.21. The van der Waals surface area contributed by atoms with Gasteiger partial charge in [-0.15, -0.1) is 0 Å². The molecule has 1 fully saturated rings. The van der Waals surface area contributed by atoms with Gasteiger partial charge in [-0.1, -0.05) is 0 Å². The van der Waals surface area contributed by atoms with Gasteiger partial charge in [0, 0.05) is 0 Å². The molecular weight excluding hydrogens is 167 g/mol. The Labute approximate surface area is 54.1 Å². The Balaban J connectivity index is 2.12. The van der Waals surface area contributed by atoms with Gasteiger partial charge in [0.1, 0.15) is 0 Å². The van der Waals surface area contributed by atoms with Crippen LogP contribution in [0.5, 0.6) is 0 Å². The maximum absolute atomic E-state index is 5.44. The summed E-state index contributed by atoms with van der Waals surface area (Å²) in [5.74, 6) is 0. The fourth-order valence-electron chi connectivity index (χ4n) is 0.766. The first-order valence-electron chi connectivity index (χ1n) is 2.77. The summed E-state index contributed by atoms with van der Waals surface area (Å²) in [5, 5.41) is 0. The van der Waals surface area contributed by atoms with Crippen molar-refractivity contribution in [3.63, 3.8) is 0 Å². The molecule has 0 N–H and O–H groups in total. The molecule has 1 nitrogen and oxygen atoms in total. The number of hydrogen-bond donors (Lipinski definition) is 0. The second-order valence-corrected chi connectivity index (χ2v) is 8.57. The summed E-state index contributed by atoms with van der Waals surface area (Å²) in [4.78, 5) is 0. The van der Waals surface area contributed by atoms with E-state index in [4.69, 9.17) is 4.43 Å². The monoisotopic (exact) mass is 178 g/mol. The van der Waals surface area contributed by atoms with Crippen LogP contribution in [0.2, 0.25) is 6.04 Å². The molecule has 0 spiro atoms. The van der Waals surface area contributed by atoms with Crippen LogP contribution in [0.15, 0.2) is 0 Å². The van der Waals surface area contributed by atoms with Crippen LogP contribution in [0.25, 0.3) is 0 Å². The minimum atomic E-state index is -0.532. The van der Waals surface area contributed by atoms with Crippen LogP contribution in [-0.2, 0) is 4.43 Å². The van der Waals surface area contributed by atoms with E-state index in [1.807, 2.05) is 16.2 Å². The molecule has 42 valence electrons. The van der Waals surface area contributed by atoms with E-state index < -0.39 is 7.51 Å². The molecule has 0 aromatic rings. The summed E-state index contributed by atoms with van der Waals surface area (Å²) < 4.78 is 5.44. The molecular formula is C4H11AsOSi. The predicted octanol–water partition coefficient (Wildman–Crippen LogP) is -0.350. The zero-order valence-corrected chi connectivity index (χ0v) is 7.97. The average Bonchev–Trinajstić information content (AvgIpc) is 1.69. The maximum atomic E-state index is 5.44. The second-order valence-electron chi connectivity index (χ2n) is 1.91. The van der Waals surface area contributed by atoms with Crippen LogP contribution < -0.4 is 0 Å². The molecule has 7 heavy (non-hydrogen) atoms. The van der Waals surface area contributed by atoms with Crippen molar-refractivity contribution in [1.29, 1.82) is 0 Å². The van der Waals surface area contributed by atoms with E-state index in [0.29, 0.717) is 0 Å². The zero-order valence-electron chi connectivity index (χ0n) is 4.39. The Morgan fingerprint density at radius 1 is 1.43 bits per heavy atom. The molecule has 2 atom stereocenters. The Morgan fingerprint density at radius 2 is 2.29 bits per heavy atom. The summed E-state index contributed by atoms with van der Waals surface area (Å²) in [6.45, 7) is 1.06. The molecule has 1 rings (SSSR count). The third-order valence-corrected chi connectivity index (χ3v) is 6.17. The van der Waals surface area contributed by atoms with Crippen molar-refractivity contribution in [3.8, 4) is 0 Å². The molecule has 0 bridgehead atoms. The molecule has 3 heteroatoms. The van der Waals surface area contributed by atoms with Crippen LogP contribution in [0.4, 0.5) is 0 Å². The average molecular weight is 178 g/mol. The van der Waals surface area contributed by atoms with Gasteiger partial charge in [0.25, 0.3) is 0 Å². The summed E-state index contributed by atoms with van der Waals surface area (Å²) >= 11 is 1.87. The Morgan fingerprint density at radius 3 is 2.57 bits per heavy atom. The Bertz CT molecular complexity index is 53.7. The number of rotatable bonds is 0. The van der Waals surface area contributed by atoms with Gasteiger partial charge >= 0.3 is 53.6 Å². The van der Waals surface area contributed by atoms with E-state index in [1.165, 1.54) is 18.9 Å². The van der Waals surface area contributed by atoms with Gasteiger partial charge in [0.05, 0.1) is 0 Å². The molecule has 1 heterocycles. The Hall–Kier alpha value is 0.735. The van der Waals surface area contributed by atoms with Gasteiger partial charge in [-0.3, -0.25) is 0 Å². The van der Waals surface area contributed by atoms with Crippen molar-refractivity contribution in [1.82, 2.24) is 0 Å². The van der Waals surface area contributed by atoms with E-state index in [1.54, 1.807) is 0 Å². The first-order valence-corrected chi connectivity index (χ1v) is 8.92. The molecule has 0 aliphatic carbocycles. The standard InChI is InChI=1S/C4H11AsOSi/c5-7-4-2-1-3-6-7/h7H,1-5H2. The van der Waals surface area contributed by atoms with Crippen LogP contribution in [0.1, 0.15) is 12.8 Å². The number of hydrogen-bond acceptors (Lipinski definition) is 1. The van der Waals surface area contributed by atoms with Crippen LogP contribution in [0, 0.1) is 0 Å². The molecule has 1 aliphatic heterocycles. The first-order chi connectivity index (χ1) is 3.39. The molecule has 0 aromatic heterocycles. The molecule has 1 saturated heterocycles. The van der Waals surface area contributed by atoms with E-state index in [0.717, 1.165) is 6.61 Å². The van der Waals surface area contributed by atoms with Gasteiger partial charge in [-0.2, -0.15) is 0 Å². The van der Waals surface area contributed by atoms with Gasteiger partial charge in [-0.25, -0.2) is 0 Å². The van der Waals surface area contributed by atoms with Crippen molar-refractivity contribution in [2.45, 2.75) is 18.9 Å². The first kappa shape index (κ1) is 5.86. The quantitative estimate of drug-likeness (QED) is 0.461. The molecule has 0 saturated carbocycles. The van der Waals surface area contributed by atoms with Crippen molar-refractivity contribution >= 4 is 23.7 Å². The fourth-order valence-corrected chi connectivity index (χ4v) is 4.43. The van der Waals surface area contributed by atoms with Gasteiger partial charge in [0.2, 0.25) is 0 Å². The summed E-state index contributed by atoms with van der Waals surface area (Å²) in [6.07, 6.45) is 2.75. The van der Waals surface area contributed by atoms with Gasteiger partial charge in [0.15, 0.2) is 0 Å². The zero-order chi connectivity index (χ0) is 5.11. The Kier molecular flexibility index (Phi) is 2.43. The van der Waals surface area contributed by atoms with Crippen molar-refractivity contribution in [2.24, 2.45) is 0 Å². The third kappa shape index (κ3) is 1.98. The molecule has 1 aliphatic rings. The SMILES string of the molecule is [AsH2][SiH]1CCCCO1. The summed E-state index contributed by atoms with van der Waals surface area (Å²) in [6, 6.07) is 1.43. The van der Waals surface area contributed by atoms with Gasteiger partial charge < -0.3 is 0 Å². The van der Waals surface area contributed by atoms with Gasteiger partial charge in [-0.05, 0) is 0 Å². The van der Waals surface area contributed by atoms with E-state index in [9.17, 15) is 0 Å². The summed E-state index contributed by atoms with van der Waals surface area (Å²) in [7, 11) is -0.532.